The van der Waals surface area contributed by atoms with Gasteiger partial charge in [-0.05, 0) is 19.1 Å². The zero-order valence-corrected chi connectivity index (χ0v) is 17.3. The van der Waals surface area contributed by atoms with Crippen molar-refractivity contribution in [2.45, 2.75) is 19.1 Å². The van der Waals surface area contributed by atoms with Gasteiger partial charge >= 0.3 is 12.1 Å². The van der Waals surface area contributed by atoms with E-state index in [1.165, 1.54) is 18.2 Å². The Hall–Kier alpha value is -3.26. The van der Waals surface area contributed by atoms with Crippen LogP contribution >= 0.6 is 11.3 Å². The van der Waals surface area contributed by atoms with E-state index >= 15 is 0 Å². The van der Waals surface area contributed by atoms with E-state index in [4.69, 9.17) is 9.26 Å². The number of alkyl halides is 3. The van der Waals surface area contributed by atoms with Crippen molar-refractivity contribution >= 4 is 23.2 Å². The van der Waals surface area contributed by atoms with Gasteiger partial charge in [0.15, 0.2) is 0 Å². The number of halogens is 3. The molecule has 1 aliphatic heterocycles. The van der Waals surface area contributed by atoms with Crippen LogP contribution < -0.4 is 5.32 Å². The summed E-state index contributed by atoms with van der Waals surface area (Å²) in [6.45, 7) is 2.69. The lowest BCUT2D eigenvalue weighted by atomic mass is 10.2. The number of rotatable bonds is 5. The highest BCUT2D eigenvalue weighted by Gasteiger charge is 2.38. The minimum Gasteiger partial charge on any atom is -0.377 e. The Morgan fingerprint density at radius 3 is 2.78 bits per heavy atom. The summed E-state index contributed by atoms with van der Waals surface area (Å²) < 4.78 is 52.5. The van der Waals surface area contributed by atoms with Gasteiger partial charge in [-0.1, -0.05) is 10.3 Å². The number of carbonyl (C=O) groups excluding carboxylic acids is 2. The molecular formula is C18H16F3N5O5S. The molecule has 1 unspecified atom stereocenters. The summed E-state index contributed by atoms with van der Waals surface area (Å²) >= 11 is 0.912. The Labute approximate surface area is 182 Å². The van der Waals surface area contributed by atoms with Crippen LogP contribution in [0.5, 0.6) is 0 Å². The number of nitrogens with zero attached hydrogens (tertiary/aromatic N) is 4. The molecule has 4 rings (SSSR count). The van der Waals surface area contributed by atoms with Crippen LogP contribution in [-0.4, -0.2) is 64.4 Å². The minimum absolute atomic E-state index is 0.0990. The number of morpholine rings is 1. The average molecular weight is 471 g/mol. The second-order valence-corrected chi connectivity index (χ2v) is 7.94. The Morgan fingerprint density at radius 2 is 2.09 bits per heavy atom. The van der Waals surface area contributed by atoms with Crippen molar-refractivity contribution in [2.24, 2.45) is 0 Å². The minimum atomic E-state index is -4.75. The fraction of sp³-hybridized carbons (Fsp3) is 0.389. The number of hydrogen-bond acceptors (Lipinski definition) is 9. The molecule has 0 aromatic carbocycles. The Morgan fingerprint density at radius 1 is 1.28 bits per heavy atom. The number of thiophene rings is 1. The van der Waals surface area contributed by atoms with E-state index in [-0.39, 0.29) is 40.4 Å². The fourth-order valence-electron chi connectivity index (χ4n) is 3.01. The van der Waals surface area contributed by atoms with Crippen LogP contribution in [0.4, 0.5) is 13.2 Å². The Bertz CT molecular complexity index is 1120. The zero-order valence-electron chi connectivity index (χ0n) is 16.5. The predicted octanol–water partition coefficient (Wildman–Crippen LogP) is 2.38. The summed E-state index contributed by atoms with van der Waals surface area (Å²) in [4.78, 5) is 30.5. The normalized spacial score (nSPS) is 16.9. The monoisotopic (exact) mass is 471 g/mol. The maximum Gasteiger partial charge on any atom is 0.471 e. The summed E-state index contributed by atoms with van der Waals surface area (Å²) in [5.74, 6) is -2.45. The standard InChI is InChI=1S/C18H16F3N5O5S/c1-9-6-11(30-24-9)16(28)26-4-5-29-8-10(26)7-22-15(27)13-3-2-12(32-13)14-23-17(31-25-14)18(19,20)21/h2-3,6,10H,4-5,7-8H2,1H3,(H,22,27). The van der Waals surface area contributed by atoms with Crippen molar-refractivity contribution in [3.8, 4) is 10.7 Å². The SMILES string of the molecule is Cc1cc(C(=O)N2CCOCC2CNC(=O)c2ccc(-c3noc(C(F)(F)F)n3)s2)on1. The largest absolute Gasteiger partial charge is 0.471 e. The molecule has 0 radical (unpaired) electrons. The molecule has 0 saturated carbocycles. The number of carbonyl (C=O) groups is 2. The van der Waals surface area contributed by atoms with Gasteiger partial charge in [0.05, 0.1) is 34.7 Å². The van der Waals surface area contributed by atoms with Gasteiger partial charge in [-0.15, -0.1) is 11.3 Å². The van der Waals surface area contributed by atoms with E-state index in [2.05, 4.69) is 25.1 Å². The van der Waals surface area contributed by atoms with E-state index < -0.39 is 24.0 Å². The quantitative estimate of drug-likeness (QED) is 0.602. The smallest absolute Gasteiger partial charge is 0.377 e. The molecule has 0 aliphatic carbocycles. The molecule has 0 spiro atoms. The van der Waals surface area contributed by atoms with E-state index in [0.717, 1.165) is 11.3 Å². The molecule has 1 N–H and O–H groups in total. The molecule has 2 amide bonds. The lowest BCUT2D eigenvalue weighted by molar-refractivity contribution is -0.159. The first-order valence-electron chi connectivity index (χ1n) is 9.33. The van der Waals surface area contributed by atoms with Gasteiger partial charge in [-0.25, -0.2) is 0 Å². The lowest BCUT2D eigenvalue weighted by Gasteiger charge is -2.34. The van der Waals surface area contributed by atoms with Crippen LogP contribution in [0.25, 0.3) is 10.7 Å². The Kier molecular flexibility index (Phi) is 5.97. The number of ether oxygens (including phenoxy) is 1. The van der Waals surface area contributed by atoms with Gasteiger partial charge < -0.3 is 24.0 Å². The molecule has 4 heterocycles. The van der Waals surface area contributed by atoms with Gasteiger partial charge in [0, 0.05) is 19.2 Å². The van der Waals surface area contributed by atoms with Crippen molar-refractivity contribution in [3.05, 3.63) is 40.4 Å². The van der Waals surface area contributed by atoms with Crippen molar-refractivity contribution in [3.63, 3.8) is 0 Å². The molecule has 32 heavy (non-hydrogen) atoms. The first-order chi connectivity index (χ1) is 15.2. The maximum atomic E-state index is 12.7. The molecular weight excluding hydrogens is 455 g/mol. The first-order valence-corrected chi connectivity index (χ1v) is 10.2. The number of amides is 2. The first kappa shape index (κ1) is 22.0. The van der Waals surface area contributed by atoms with Crippen LogP contribution in [0.15, 0.2) is 27.2 Å². The molecule has 3 aromatic heterocycles. The third-order valence-electron chi connectivity index (χ3n) is 4.54. The summed E-state index contributed by atoms with van der Waals surface area (Å²) in [5.41, 5.74) is 0.573. The highest BCUT2D eigenvalue weighted by atomic mass is 32.1. The summed E-state index contributed by atoms with van der Waals surface area (Å²) in [5, 5.41) is 9.73. The van der Waals surface area contributed by atoms with Gasteiger partial charge in [0.1, 0.15) is 0 Å². The van der Waals surface area contributed by atoms with Crippen LogP contribution in [-0.2, 0) is 10.9 Å². The van der Waals surface area contributed by atoms with E-state index in [1.54, 1.807) is 11.8 Å². The molecule has 170 valence electrons. The van der Waals surface area contributed by atoms with Crippen molar-refractivity contribution in [2.75, 3.05) is 26.3 Å². The predicted molar refractivity (Wildman–Crippen MR) is 102 cm³/mol. The summed E-state index contributed by atoms with van der Waals surface area (Å²) in [6.07, 6.45) is -4.75. The highest BCUT2D eigenvalue weighted by molar-refractivity contribution is 7.17. The fourth-order valence-corrected chi connectivity index (χ4v) is 3.86. The van der Waals surface area contributed by atoms with Gasteiger partial charge in [0.25, 0.3) is 11.8 Å². The molecule has 1 fully saturated rings. The summed E-state index contributed by atoms with van der Waals surface area (Å²) in [6, 6.07) is 3.96. The average Bonchev–Trinajstić information content (AvgIpc) is 3.51. The lowest BCUT2D eigenvalue weighted by Crippen LogP contribution is -2.53. The number of nitrogens with one attached hydrogen (secondary N) is 1. The van der Waals surface area contributed by atoms with Crippen LogP contribution in [0.3, 0.4) is 0 Å². The second-order valence-electron chi connectivity index (χ2n) is 6.85. The second kappa shape index (κ2) is 8.70. The third-order valence-corrected chi connectivity index (χ3v) is 5.62. The third kappa shape index (κ3) is 4.65. The van der Waals surface area contributed by atoms with Gasteiger partial charge in [-0.2, -0.15) is 18.2 Å². The molecule has 0 bridgehead atoms. The van der Waals surface area contributed by atoms with Crippen molar-refractivity contribution < 1.29 is 36.5 Å². The number of aryl methyl sites for hydroxylation is 1. The molecule has 14 heteroatoms. The van der Waals surface area contributed by atoms with E-state index in [1.807, 2.05) is 0 Å². The van der Waals surface area contributed by atoms with Crippen LogP contribution in [0.2, 0.25) is 0 Å². The van der Waals surface area contributed by atoms with Gasteiger partial charge in [-0.3, -0.25) is 9.59 Å². The summed E-state index contributed by atoms with van der Waals surface area (Å²) in [7, 11) is 0. The zero-order chi connectivity index (χ0) is 22.9. The molecule has 1 aliphatic rings. The Balaban J connectivity index is 1.39. The topological polar surface area (TPSA) is 124 Å². The molecule has 1 saturated heterocycles. The van der Waals surface area contributed by atoms with Crippen molar-refractivity contribution in [1.29, 1.82) is 0 Å². The number of hydrogen-bond donors (Lipinski definition) is 1. The molecule has 1 atom stereocenters. The van der Waals surface area contributed by atoms with Crippen LogP contribution in [0.1, 0.15) is 31.8 Å². The maximum absolute atomic E-state index is 12.7. The van der Waals surface area contributed by atoms with E-state index in [0.29, 0.717) is 18.8 Å². The highest BCUT2D eigenvalue weighted by Crippen LogP contribution is 2.31. The molecule has 10 nitrogen and oxygen atoms in total. The molecule has 3 aromatic rings. The van der Waals surface area contributed by atoms with Gasteiger partial charge in [0.2, 0.25) is 11.6 Å². The van der Waals surface area contributed by atoms with Crippen LogP contribution in [0, 0.1) is 6.92 Å². The van der Waals surface area contributed by atoms with E-state index in [9.17, 15) is 22.8 Å². The van der Waals surface area contributed by atoms with Crippen molar-refractivity contribution in [1.82, 2.24) is 25.5 Å². The number of aromatic nitrogens is 3.